The van der Waals surface area contributed by atoms with E-state index >= 15 is 0 Å². The molecule has 1 aromatic carbocycles. The fourth-order valence-electron chi connectivity index (χ4n) is 5.90. The maximum atomic E-state index is 12.2. The lowest BCUT2D eigenvalue weighted by Crippen LogP contribution is -2.46. The Hall–Kier alpha value is -4.16. The molecule has 1 amide bonds. The van der Waals surface area contributed by atoms with Crippen molar-refractivity contribution >= 4 is 52.4 Å². The molecule has 1 fully saturated rings. The molecule has 1 aliphatic rings. The van der Waals surface area contributed by atoms with Crippen molar-refractivity contribution in [3.05, 3.63) is 41.6 Å². The van der Waals surface area contributed by atoms with Crippen molar-refractivity contribution in [3.8, 4) is 5.75 Å². The summed E-state index contributed by atoms with van der Waals surface area (Å²) in [6, 6.07) is 7.19. The third kappa shape index (κ3) is 12.5. The van der Waals surface area contributed by atoms with Crippen molar-refractivity contribution in [2.45, 2.75) is 57.0 Å². The first-order chi connectivity index (χ1) is 25.1. The number of aromatic nitrogens is 3. The van der Waals surface area contributed by atoms with Gasteiger partial charge in [0.05, 0.1) is 32.4 Å². The summed E-state index contributed by atoms with van der Waals surface area (Å²) in [5.74, 6) is -1.11. The van der Waals surface area contributed by atoms with Crippen molar-refractivity contribution in [1.29, 1.82) is 0 Å². The molecule has 52 heavy (non-hydrogen) atoms. The molecule has 17 heteroatoms. The number of rotatable bonds is 23. The Morgan fingerprint density at radius 1 is 1.00 bits per heavy atom. The number of hydrogen-bond donors (Lipinski definition) is 6. The van der Waals surface area contributed by atoms with Crippen molar-refractivity contribution in [3.63, 3.8) is 0 Å². The number of fused-ring (bicyclic) bond motifs is 1. The number of hydrogen-bond acceptors (Lipinski definition) is 13. The van der Waals surface area contributed by atoms with Gasteiger partial charge in [0.25, 0.3) is 0 Å². The first-order valence-corrected chi connectivity index (χ1v) is 18.8. The lowest BCUT2D eigenvalue weighted by molar-refractivity contribution is -0.139. The van der Waals surface area contributed by atoms with E-state index in [4.69, 9.17) is 26.0 Å². The highest BCUT2D eigenvalue weighted by molar-refractivity contribution is 8.00. The lowest BCUT2D eigenvalue weighted by Gasteiger charge is -2.34. The number of benzene rings is 1. The quantitative estimate of drug-likeness (QED) is 0.0764. The Bertz CT molecular complexity index is 1620. The van der Waals surface area contributed by atoms with Crippen LogP contribution in [0.3, 0.4) is 0 Å². The van der Waals surface area contributed by atoms with Gasteiger partial charge in [0.2, 0.25) is 11.9 Å². The second-order valence-electron chi connectivity index (χ2n) is 12.8. The minimum absolute atomic E-state index is 0.0989. The largest absolute Gasteiger partial charge is 0.496 e. The van der Waals surface area contributed by atoms with E-state index in [1.54, 1.807) is 7.11 Å². The topological polar surface area (TPSA) is 223 Å². The van der Waals surface area contributed by atoms with Crippen LogP contribution < -0.4 is 26.8 Å². The number of carboxylic acid groups (broad SMARTS) is 2. The fraction of sp³-hybridized carbons (Fsp3) is 0.571. The number of anilines is 2. The Morgan fingerprint density at radius 2 is 1.77 bits per heavy atom. The molecule has 286 valence electrons. The lowest BCUT2D eigenvalue weighted by atomic mass is 10.1. The third-order valence-electron chi connectivity index (χ3n) is 8.82. The molecule has 0 saturated carbocycles. The number of nitrogens with two attached hydrogens (primary N) is 2. The van der Waals surface area contributed by atoms with Crippen LogP contribution in [0, 0.1) is 0 Å². The number of aliphatic carboxylic acids is 2. The highest BCUT2D eigenvalue weighted by Crippen LogP contribution is 2.27. The zero-order valence-electron chi connectivity index (χ0n) is 30.1. The number of carboxylic acids is 2. The van der Waals surface area contributed by atoms with Crippen LogP contribution in [-0.4, -0.2) is 136 Å². The highest BCUT2D eigenvalue weighted by atomic mass is 32.2. The number of nitrogens with one attached hydrogen (secondary N) is 2. The second kappa shape index (κ2) is 20.8. The molecule has 1 saturated heterocycles. The number of amides is 1. The molecule has 1 aliphatic heterocycles. The van der Waals surface area contributed by atoms with Crippen molar-refractivity contribution < 1.29 is 34.1 Å². The number of carbonyl (C=O) groups is 3. The summed E-state index contributed by atoms with van der Waals surface area (Å²) in [6.45, 7) is 9.95. The van der Waals surface area contributed by atoms with E-state index in [0.29, 0.717) is 19.8 Å². The fourth-order valence-corrected chi connectivity index (χ4v) is 6.89. The van der Waals surface area contributed by atoms with Crippen molar-refractivity contribution in [2.75, 3.05) is 82.9 Å². The van der Waals surface area contributed by atoms with Crippen LogP contribution in [0.15, 0.2) is 30.5 Å². The summed E-state index contributed by atoms with van der Waals surface area (Å²) < 4.78 is 13.7. The zero-order valence-corrected chi connectivity index (χ0v) is 30.9. The Kier molecular flexibility index (Phi) is 16.2. The summed E-state index contributed by atoms with van der Waals surface area (Å²) in [6.07, 6.45) is 5.09. The molecule has 3 heterocycles. The van der Waals surface area contributed by atoms with Gasteiger partial charge in [-0.05, 0) is 24.1 Å². The Balaban J connectivity index is 1.17. The normalized spacial score (nSPS) is 15.0. The van der Waals surface area contributed by atoms with E-state index in [2.05, 4.69) is 60.1 Å². The van der Waals surface area contributed by atoms with E-state index in [1.165, 1.54) is 5.56 Å². The summed E-state index contributed by atoms with van der Waals surface area (Å²) in [7, 11) is 1.70. The molecule has 4 rings (SSSR count). The van der Waals surface area contributed by atoms with Gasteiger partial charge in [-0.3, -0.25) is 24.2 Å². The molecule has 0 aliphatic carbocycles. The van der Waals surface area contributed by atoms with Crippen LogP contribution in [0.1, 0.15) is 43.7 Å². The summed E-state index contributed by atoms with van der Waals surface area (Å²) in [5.41, 5.74) is 15.4. The summed E-state index contributed by atoms with van der Waals surface area (Å²) >= 11 is 0.843. The second-order valence-corrected chi connectivity index (χ2v) is 14.0. The van der Waals surface area contributed by atoms with Gasteiger partial charge in [-0.1, -0.05) is 31.9 Å². The minimum Gasteiger partial charge on any atom is -0.496 e. The molecule has 2 atom stereocenters. The minimum atomic E-state index is -1.22. The number of unbranched alkanes of at least 4 members (excludes halogenated alkanes) is 2. The molecule has 0 spiro atoms. The van der Waals surface area contributed by atoms with Gasteiger partial charge in [-0.2, -0.15) is 4.98 Å². The van der Waals surface area contributed by atoms with Gasteiger partial charge in [0, 0.05) is 76.3 Å². The van der Waals surface area contributed by atoms with Crippen LogP contribution in [-0.2, 0) is 32.2 Å². The zero-order chi connectivity index (χ0) is 37.5. The number of nitrogen functional groups attached to an aromatic ring is 1. The maximum Gasteiger partial charge on any atom is 0.321 e. The molecular weight excluding hydrogens is 691 g/mol. The molecular formula is C35H53N9O7S. The number of nitrogens with zero attached hydrogens (tertiary/aromatic N) is 5. The molecule has 0 radical (unpaired) electrons. The predicted octanol–water partition coefficient (Wildman–Crippen LogP) is 1.91. The first kappa shape index (κ1) is 40.6. The van der Waals surface area contributed by atoms with E-state index in [-0.39, 0.29) is 24.7 Å². The van der Waals surface area contributed by atoms with E-state index in [1.807, 2.05) is 12.3 Å². The average Bonchev–Trinajstić information content (AvgIpc) is 3.52. The Labute approximate surface area is 308 Å². The van der Waals surface area contributed by atoms with Crippen molar-refractivity contribution in [1.82, 2.24) is 29.7 Å². The number of piperazine rings is 1. The van der Waals surface area contributed by atoms with Crippen LogP contribution in [0.4, 0.5) is 11.8 Å². The van der Waals surface area contributed by atoms with E-state index < -0.39 is 29.1 Å². The monoisotopic (exact) mass is 743 g/mol. The van der Waals surface area contributed by atoms with Gasteiger partial charge in [0.15, 0.2) is 5.82 Å². The summed E-state index contributed by atoms with van der Waals surface area (Å²) in [5, 5.41) is 23.2. The number of methoxy groups -OCH3 is 1. The standard InChI is InChI=1S/C35H53N9O7S/c1-3-4-5-9-39-32-31-27(40-35(37)41-32)8-11-44(31)22-25-7-6-24(19-28(25)50-2)21-43-14-12-42(13-15-43)16-18-51-17-10-38-30(45)20-29(34(48)49)52-23-26(36)33(46)47/h6-8,11,19,26,29H,3-5,9-10,12-18,20-23,36H2,1-2H3,(H,38,45)(H,46,47)(H,48,49)(H3,37,39,40,41)/t26-,29-/m0/s1. The highest BCUT2D eigenvalue weighted by Gasteiger charge is 2.24. The van der Waals surface area contributed by atoms with Gasteiger partial charge in [-0.25, -0.2) is 4.98 Å². The van der Waals surface area contributed by atoms with Gasteiger partial charge in [0.1, 0.15) is 22.6 Å². The average molecular weight is 744 g/mol. The first-order valence-electron chi connectivity index (χ1n) is 17.7. The van der Waals surface area contributed by atoms with Crippen molar-refractivity contribution in [2.24, 2.45) is 5.73 Å². The number of carbonyl (C=O) groups excluding carboxylic acids is 1. The molecule has 16 nitrogen and oxygen atoms in total. The predicted molar refractivity (Wildman–Crippen MR) is 202 cm³/mol. The van der Waals surface area contributed by atoms with E-state index in [0.717, 1.165) is 105 Å². The van der Waals surface area contributed by atoms with Gasteiger partial charge in [-0.15, -0.1) is 11.8 Å². The molecule has 0 bridgehead atoms. The third-order valence-corrected chi connectivity index (χ3v) is 10.1. The van der Waals surface area contributed by atoms with E-state index in [9.17, 15) is 19.5 Å². The smallest absolute Gasteiger partial charge is 0.321 e. The molecule has 2 aromatic heterocycles. The van der Waals surface area contributed by atoms with Crippen LogP contribution in [0.5, 0.6) is 5.75 Å². The Morgan fingerprint density at radius 3 is 2.48 bits per heavy atom. The number of ether oxygens (including phenoxy) is 2. The van der Waals surface area contributed by atoms with Crippen LogP contribution >= 0.6 is 11.8 Å². The van der Waals surface area contributed by atoms with Crippen LogP contribution in [0.2, 0.25) is 0 Å². The number of thioether (sulfide) groups is 1. The maximum absolute atomic E-state index is 12.2. The van der Waals surface area contributed by atoms with Gasteiger partial charge >= 0.3 is 11.9 Å². The molecule has 0 unspecified atom stereocenters. The molecule has 8 N–H and O–H groups in total. The van der Waals surface area contributed by atoms with Crippen LogP contribution in [0.25, 0.3) is 11.0 Å². The molecule has 3 aromatic rings. The van der Waals surface area contributed by atoms with Gasteiger partial charge < -0.3 is 46.4 Å². The summed E-state index contributed by atoms with van der Waals surface area (Å²) in [4.78, 5) is 48.2. The SMILES string of the molecule is CCCCCNc1nc(N)nc2ccn(Cc3ccc(CN4CCN(CCOCCNC(=O)C[C@H](SC[C@H](N)C(=O)O)C(=O)O)CC4)cc3OC)c12.